The highest BCUT2D eigenvalue weighted by molar-refractivity contribution is 5.95. The first kappa shape index (κ1) is 12.2. The van der Waals surface area contributed by atoms with Crippen LogP contribution < -0.4 is 0 Å². The molecular weight excluding hydrogens is 252 g/mol. The van der Waals surface area contributed by atoms with E-state index in [1.54, 1.807) is 0 Å². The summed E-state index contributed by atoms with van der Waals surface area (Å²) in [6.45, 7) is 0. The maximum Gasteiger partial charge on any atom is 0.0641 e. The summed E-state index contributed by atoms with van der Waals surface area (Å²) in [5.74, 6) is 0. The van der Waals surface area contributed by atoms with Crippen LogP contribution in [0.4, 0.5) is 0 Å². The van der Waals surface area contributed by atoms with Crippen molar-refractivity contribution in [3.8, 4) is 0 Å². The number of hydrogen-bond acceptors (Lipinski definition) is 0. The zero-order valence-electron chi connectivity index (χ0n) is 11.7. The summed E-state index contributed by atoms with van der Waals surface area (Å²) in [6.07, 6.45) is 2.38. The molecule has 0 amide bonds. The average molecular weight is 268 g/mol. The van der Waals surface area contributed by atoms with Crippen LogP contribution in [0.3, 0.4) is 0 Å². The van der Waals surface area contributed by atoms with Gasteiger partial charge in [-0.2, -0.15) is 0 Å². The van der Waals surface area contributed by atoms with Crippen molar-refractivity contribution in [3.63, 3.8) is 0 Å². The summed E-state index contributed by atoms with van der Waals surface area (Å²) in [7, 11) is 0. The lowest BCUT2D eigenvalue weighted by molar-refractivity contribution is 0.945. The molecular formula is C21H16. The molecule has 0 fully saturated rings. The van der Waals surface area contributed by atoms with E-state index < -0.39 is 0 Å². The van der Waals surface area contributed by atoms with Crippen LogP contribution in [-0.4, -0.2) is 0 Å². The van der Waals surface area contributed by atoms with Crippen molar-refractivity contribution < 1.29 is 0 Å². The highest BCUT2D eigenvalue weighted by atomic mass is 14.5. The van der Waals surface area contributed by atoms with E-state index >= 15 is 0 Å². The molecule has 0 aliphatic heterocycles. The summed E-state index contributed by atoms with van der Waals surface area (Å²) < 4.78 is 0. The molecule has 0 radical (unpaired) electrons. The van der Waals surface area contributed by atoms with E-state index in [4.69, 9.17) is 0 Å². The van der Waals surface area contributed by atoms with Gasteiger partial charge in [0.15, 0.2) is 0 Å². The number of benzene rings is 3. The smallest absolute Gasteiger partial charge is 0.0622 e. The fraction of sp³-hybridized carbons (Fsp3) is 0.0476. The van der Waals surface area contributed by atoms with Crippen molar-refractivity contribution in [2.75, 3.05) is 0 Å². The highest BCUT2D eigenvalue weighted by Gasteiger charge is 2.47. The van der Waals surface area contributed by atoms with E-state index in [2.05, 4.69) is 97.1 Å². The van der Waals surface area contributed by atoms with Gasteiger partial charge in [0, 0.05) is 0 Å². The summed E-state index contributed by atoms with van der Waals surface area (Å²) in [5.41, 5.74) is 5.35. The van der Waals surface area contributed by atoms with E-state index in [0.29, 0.717) is 0 Å². The lowest BCUT2D eigenvalue weighted by Gasteiger charge is -2.20. The Morgan fingerprint density at radius 3 is 1.38 bits per heavy atom. The summed E-state index contributed by atoms with van der Waals surface area (Å²) >= 11 is 0. The molecule has 0 heteroatoms. The van der Waals surface area contributed by atoms with Crippen molar-refractivity contribution in [2.24, 2.45) is 0 Å². The van der Waals surface area contributed by atoms with Gasteiger partial charge in [-0.25, -0.2) is 0 Å². The summed E-state index contributed by atoms with van der Waals surface area (Å²) in [5, 5.41) is 0. The molecule has 1 aliphatic rings. The van der Waals surface area contributed by atoms with Crippen LogP contribution in [0.5, 0.6) is 0 Å². The van der Waals surface area contributed by atoms with Crippen molar-refractivity contribution in [1.82, 2.24) is 0 Å². The van der Waals surface area contributed by atoms with Gasteiger partial charge in [0.1, 0.15) is 0 Å². The summed E-state index contributed by atoms with van der Waals surface area (Å²) in [4.78, 5) is 0. The van der Waals surface area contributed by atoms with E-state index in [1.807, 2.05) is 0 Å². The average Bonchev–Trinajstić information content (AvgIpc) is 3.34. The van der Waals surface area contributed by atoms with E-state index in [-0.39, 0.29) is 5.41 Å². The SMILES string of the molecule is C1=C(c2ccccc2)C1(c1ccccc1)c1ccccc1. The third-order valence-electron chi connectivity index (χ3n) is 4.25. The molecule has 100 valence electrons. The molecule has 0 heterocycles. The van der Waals surface area contributed by atoms with Crippen LogP contribution in [-0.2, 0) is 5.41 Å². The van der Waals surface area contributed by atoms with Crippen LogP contribution in [0, 0.1) is 0 Å². The number of allylic oxidation sites excluding steroid dienone is 2. The van der Waals surface area contributed by atoms with Gasteiger partial charge in [-0.1, -0.05) is 97.1 Å². The second kappa shape index (κ2) is 4.75. The second-order valence-electron chi connectivity index (χ2n) is 5.46. The molecule has 0 atom stereocenters. The largest absolute Gasteiger partial charge is 0.0641 e. The third-order valence-corrected chi connectivity index (χ3v) is 4.25. The fourth-order valence-corrected chi connectivity index (χ4v) is 3.16. The van der Waals surface area contributed by atoms with Crippen molar-refractivity contribution >= 4 is 5.57 Å². The van der Waals surface area contributed by atoms with Gasteiger partial charge in [0.05, 0.1) is 5.41 Å². The second-order valence-corrected chi connectivity index (χ2v) is 5.46. The molecule has 3 aromatic rings. The van der Waals surface area contributed by atoms with Crippen LogP contribution in [0.15, 0.2) is 97.1 Å². The minimum absolute atomic E-state index is 0.0517. The van der Waals surface area contributed by atoms with Gasteiger partial charge < -0.3 is 0 Å². The molecule has 3 aromatic carbocycles. The molecule has 0 bridgehead atoms. The van der Waals surface area contributed by atoms with Gasteiger partial charge in [0.25, 0.3) is 0 Å². The predicted octanol–water partition coefficient (Wildman–Crippen LogP) is 5.07. The first-order valence-corrected chi connectivity index (χ1v) is 7.31. The maximum absolute atomic E-state index is 2.38. The topological polar surface area (TPSA) is 0 Å². The Morgan fingerprint density at radius 2 is 0.905 bits per heavy atom. The molecule has 1 aliphatic carbocycles. The Hall–Kier alpha value is -2.60. The molecule has 0 saturated carbocycles. The van der Waals surface area contributed by atoms with Crippen molar-refractivity contribution in [2.45, 2.75) is 5.41 Å². The highest BCUT2D eigenvalue weighted by Crippen LogP contribution is 2.56. The van der Waals surface area contributed by atoms with Gasteiger partial charge in [-0.3, -0.25) is 0 Å². The van der Waals surface area contributed by atoms with Gasteiger partial charge in [-0.05, 0) is 22.3 Å². The Labute approximate surface area is 125 Å². The molecule has 0 spiro atoms. The molecule has 21 heavy (non-hydrogen) atoms. The zero-order chi connectivity index (χ0) is 14.1. The quantitative estimate of drug-likeness (QED) is 0.622. The molecule has 0 nitrogen and oxygen atoms in total. The number of rotatable bonds is 3. The van der Waals surface area contributed by atoms with E-state index in [0.717, 1.165) is 0 Å². The molecule has 0 unspecified atom stereocenters. The first-order valence-electron chi connectivity index (χ1n) is 7.31. The molecule has 0 aromatic heterocycles. The zero-order valence-corrected chi connectivity index (χ0v) is 11.7. The standard InChI is InChI=1S/C21H16/c1-4-10-17(11-5-1)20-16-21(20,18-12-6-2-7-13-18)19-14-8-3-9-15-19/h1-16H. The third kappa shape index (κ3) is 1.92. The van der Waals surface area contributed by atoms with Gasteiger partial charge in [0.2, 0.25) is 0 Å². The van der Waals surface area contributed by atoms with Crippen LogP contribution in [0.2, 0.25) is 0 Å². The normalized spacial score (nSPS) is 15.3. The van der Waals surface area contributed by atoms with Crippen molar-refractivity contribution in [3.05, 3.63) is 114 Å². The lowest BCUT2D eigenvalue weighted by atomic mass is 9.82. The Morgan fingerprint density at radius 1 is 0.476 bits per heavy atom. The lowest BCUT2D eigenvalue weighted by Crippen LogP contribution is -2.13. The Kier molecular flexibility index (Phi) is 2.75. The number of hydrogen-bond donors (Lipinski definition) is 0. The van der Waals surface area contributed by atoms with Crippen LogP contribution >= 0.6 is 0 Å². The molecule has 4 rings (SSSR count). The maximum atomic E-state index is 2.38. The summed E-state index contributed by atoms with van der Waals surface area (Å²) in [6, 6.07) is 32.2. The van der Waals surface area contributed by atoms with Gasteiger partial charge >= 0.3 is 0 Å². The molecule has 0 saturated heterocycles. The predicted molar refractivity (Wildman–Crippen MR) is 88.1 cm³/mol. The Balaban J connectivity index is 1.84. The first-order chi connectivity index (χ1) is 10.4. The Bertz CT molecular complexity index is 729. The molecule has 0 N–H and O–H groups in total. The fourth-order valence-electron chi connectivity index (χ4n) is 3.16. The monoisotopic (exact) mass is 268 g/mol. The van der Waals surface area contributed by atoms with Crippen LogP contribution in [0.1, 0.15) is 16.7 Å². The van der Waals surface area contributed by atoms with Gasteiger partial charge in [-0.15, -0.1) is 0 Å². The minimum atomic E-state index is -0.0517. The minimum Gasteiger partial charge on any atom is -0.0622 e. The van der Waals surface area contributed by atoms with Crippen molar-refractivity contribution in [1.29, 1.82) is 0 Å². The van der Waals surface area contributed by atoms with E-state index in [9.17, 15) is 0 Å². The van der Waals surface area contributed by atoms with E-state index in [1.165, 1.54) is 22.3 Å². The van der Waals surface area contributed by atoms with Crippen LogP contribution in [0.25, 0.3) is 5.57 Å².